The quantitative estimate of drug-likeness (QED) is 0.872. The number of carbonyl (C=O) groups is 2. The molecule has 0 radical (unpaired) electrons. The summed E-state index contributed by atoms with van der Waals surface area (Å²) >= 11 is 1.33. The van der Waals surface area contributed by atoms with Crippen molar-refractivity contribution in [1.29, 1.82) is 0 Å². The van der Waals surface area contributed by atoms with Gasteiger partial charge in [-0.3, -0.25) is 9.48 Å². The molecule has 2 aromatic heterocycles. The van der Waals surface area contributed by atoms with Gasteiger partial charge in [0.25, 0.3) is 5.91 Å². The van der Waals surface area contributed by atoms with E-state index in [1.807, 2.05) is 13.8 Å². The molecular formula is C14H17N3O4S. The maximum atomic E-state index is 12.4. The number of carbonyl (C=O) groups excluding carboxylic acids is 2. The standard InChI is InChI=1S/C14H17N3O4S/c1-7-8(2)22-13(10(7)14(19)21-5)15-11(18)9-6-17(3)16-12(9)20-4/h6H,1-5H3,(H,15,18). The van der Waals surface area contributed by atoms with Crippen molar-refractivity contribution in [3.8, 4) is 5.88 Å². The van der Waals surface area contributed by atoms with Gasteiger partial charge in [0.05, 0.1) is 19.8 Å². The monoisotopic (exact) mass is 323 g/mol. The van der Waals surface area contributed by atoms with Crippen LogP contribution in [0.5, 0.6) is 5.88 Å². The number of nitrogens with zero attached hydrogens (tertiary/aromatic N) is 2. The number of amides is 1. The summed E-state index contributed by atoms with van der Waals surface area (Å²) in [7, 11) is 4.45. The number of ether oxygens (including phenoxy) is 2. The van der Waals surface area contributed by atoms with Gasteiger partial charge in [0.1, 0.15) is 10.6 Å². The van der Waals surface area contributed by atoms with E-state index in [4.69, 9.17) is 9.47 Å². The molecule has 0 aliphatic rings. The van der Waals surface area contributed by atoms with Gasteiger partial charge in [-0.1, -0.05) is 0 Å². The zero-order valence-electron chi connectivity index (χ0n) is 13.0. The SMILES string of the molecule is COC(=O)c1c(NC(=O)c2cn(C)nc2OC)sc(C)c1C. The van der Waals surface area contributed by atoms with Gasteiger partial charge in [0.2, 0.25) is 5.88 Å². The smallest absolute Gasteiger partial charge is 0.341 e. The summed E-state index contributed by atoms with van der Waals surface area (Å²) in [6.45, 7) is 3.70. The molecule has 0 fully saturated rings. The Morgan fingerprint density at radius 2 is 2.00 bits per heavy atom. The molecule has 2 aromatic rings. The first kappa shape index (κ1) is 16.0. The van der Waals surface area contributed by atoms with E-state index >= 15 is 0 Å². The Hall–Kier alpha value is -2.35. The molecule has 0 bridgehead atoms. The van der Waals surface area contributed by atoms with Crippen molar-refractivity contribution in [1.82, 2.24) is 9.78 Å². The minimum Gasteiger partial charge on any atom is -0.479 e. The highest BCUT2D eigenvalue weighted by Crippen LogP contribution is 2.33. The molecule has 1 amide bonds. The number of rotatable bonds is 4. The van der Waals surface area contributed by atoms with Gasteiger partial charge in [-0.15, -0.1) is 16.4 Å². The molecule has 0 atom stereocenters. The van der Waals surface area contributed by atoms with Crippen molar-refractivity contribution in [2.45, 2.75) is 13.8 Å². The molecule has 0 aliphatic carbocycles. The lowest BCUT2D eigenvalue weighted by molar-refractivity contribution is 0.0601. The number of nitrogens with one attached hydrogen (secondary N) is 1. The maximum absolute atomic E-state index is 12.4. The number of thiophene rings is 1. The molecule has 0 aromatic carbocycles. The highest BCUT2D eigenvalue weighted by Gasteiger charge is 2.24. The highest BCUT2D eigenvalue weighted by molar-refractivity contribution is 7.16. The predicted octanol–water partition coefficient (Wildman–Crippen LogP) is 2.15. The fraction of sp³-hybridized carbons (Fsp3) is 0.357. The van der Waals surface area contributed by atoms with Crippen molar-refractivity contribution in [3.05, 3.63) is 27.8 Å². The number of anilines is 1. The van der Waals surface area contributed by atoms with Crippen molar-refractivity contribution >= 4 is 28.2 Å². The molecule has 0 saturated carbocycles. The van der Waals surface area contributed by atoms with Gasteiger partial charge in [-0.05, 0) is 19.4 Å². The van der Waals surface area contributed by atoms with Gasteiger partial charge in [0, 0.05) is 18.1 Å². The van der Waals surface area contributed by atoms with E-state index in [9.17, 15) is 9.59 Å². The normalized spacial score (nSPS) is 10.4. The van der Waals surface area contributed by atoms with E-state index in [0.29, 0.717) is 16.1 Å². The first-order valence-electron chi connectivity index (χ1n) is 6.46. The van der Waals surface area contributed by atoms with Crippen LogP contribution < -0.4 is 10.1 Å². The molecule has 118 valence electrons. The van der Waals surface area contributed by atoms with Crippen LogP contribution in [-0.4, -0.2) is 35.9 Å². The molecule has 8 heteroatoms. The Morgan fingerprint density at radius 3 is 2.59 bits per heavy atom. The third-order valence-corrected chi connectivity index (χ3v) is 4.36. The fourth-order valence-corrected chi connectivity index (χ4v) is 3.05. The highest BCUT2D eigenvalue weighted by atomic mass is 32.1. The van der Waals surface area contributed by atoms with Crippen molar-refractivity contribution < 1.29 is 19.1 Å². The molecule has 22 heavy (non-hydrogen) atoms. The summed E-state index contributed by atoms with van der Waals surface area (Å²) in [5, 5.41) is 7.23. The van der Waals surface area contributed by atoms with Gasteiger partial charge in [0.15, 0.2) is 0 Å². The molecule has 2 rings (SSSR count). The van der Waals surface area contributed by atoms with Gasteiger partial charge in [-0.25, -0.2) is 4.79 Å². The molecule has 0 saturated heterocycles. The number of aryl methyl sites for hydroxylation is 2. The third kappa shape index (κ3) is 2.82. The van der Waals surface area contributed by atoms with Crippen LogP contribution in [0.3, 0.4) is 0 Å². The fourth-order valence-electron chi connectivity index (χ4n) is 2.01. The summed E-state index contributed by atoms with van der Waals surface area (Å²) in [6, 6.07) is 0. The second-order valence-electron chi connectivity index (χ2n) is 4.66. The van der Waals surface area contributed by atoms with Crippen molar-refractivity contribution in [2.24, 2.45) is 7.05 Å². The van der Waals surface area contributed by atoms with Crippen LogP contribution in [0.15, 0.2) is 6.20 Å². The second kappa shape index (κ2) is 6.18. The Bertz CT molecular complexity index is 733. The maximum Gasteiger partial charge on any atom is 0.341 e. The Kier molecular flexibility index (Phi) is 4.51. The number of hydrogen-bond donors (Lipinski definition) is 1. The predicted molar refractivity (Wildman–Crippen MR) is 82.8 cm³/mol. The minimum atomic E-state index is -0.477. The Morgan fingerprint density at radius 1 is 1.32 bits per heavy atom. The van der Waals surface area contributed by atoms with Crippen molar-refractivity contribution in [3.63, 3.8) is 0 Å². The lowest BCUT2D eigenvalue weighted by atomic mass is 10.1. The van der Waals surface area contributed by atoms with Crippen LogP contribution in [0.1, 0.15) is 31.2 Å². The molecule has 2 heterocycles. The third-order valence-electron chi connectivity index (χ3n) is 3.23. The molecule has 7 nitrogen and oxygen atoms in total. The van der Waals surface area contributed by atoms with E-state index in [1.54, 1.807) is 13.2 Å². The number of esters is 1. The molecule has 1 N–H and O–H groups in total. The van der Waals surface area contributed by atoms with Gasteiger partial charge < -0.3 is 14.8 Å². The van der Waals surface area contributed by atoms with Crippen LogP contribution in [0.25, 0.3) is 0 Å². The summed E-state index contributed by atoms with van der Waals surface area (Å²) in [4.78, 5) is 25.2. The molecular weight excluding hydrogens is 306 g/mol. The van der Waals surface area contributed by atoms with Crippen LogP contribution in [0.4, 0.5) is 5.00 Å². The van der Waals surface area contributed by atoms with Gasteiger partial charge in [-0.2, -0.15) is 0 Å². The molecule has 0 spiro atoms. The summed E-state index contributed by atoms with van der Waals surface area (Å²) in [5.74, 6) is -0.642. The summed E-state index contributed by atoms with van der Waals surface area (Å²) < 4.78 is 11.3. The number of methoxy groups -OCH3 is 2. The molecule has 0 unspecified atom stereocenters. The van der Waals surface area contributed by atoms with E-state index in [1.165, 1.54) is 30.2 Å². The van der Waals surface area contributed by atoms with E-state index in [-0.39, 0.29) is 5.88 Å². The van der Waals surface area contributed by atoms with E-state index in [0.717, 1.165) is 10.4 Å². The second-order valence-corrected chi connectivity index (χ2v) is 5.88. The topological polar surface area (TPSA) is 82.5 Å². The zero-order chi connectivity index (χ0) is 16.4. The van der Waals surface area contributed by atoms with Gasteiger partial charge >= 0.3 is 5.97 Å². The lowest BCUT2D eigenvalue weighted by Crippen LogP contribution is -2.14. The minimum absolute atomic E-state index is 0.226. The van der Waals surface area contributed by atoms with Crippen LogP contribution in [-0.2, 0) is 11.8 Å². The Balaban J connectivity index is 2.36. The number of hydrogen-bond acceptors (Lipinski definition) is 6. The summed E-state index contributed by atoms with van der Waals surface area (Å²) in [5.41, 5.74) is 1.47. The summed E-state index contributed by atoms with van der Waals surface area (Å²) in [6.07, 6.45) is 1.55. The van der Waals surface area contributed by atoms with Crippen LogP contribution >= 0.6 is 11.3 Å². The first-order chi connectivity index (χ1) is 10.4. The average molecular weight is 323 g/mol. The van der Waals surface area contributed by atoms with E-state index < -0.39 is 11.9 Å². The number of aromatic nitrogens is 2. The van der Waals surface area contributed by atoms with Crippen LogP contribution in [0.2, 0.25) is 0 Å². The average Bonchev–Trinajstić information content (AvgIpc) is 2.99. The molecule has 0 aliphatic heterocycles. The Labute approximate surface area is 131 Å². The first-order valence-corrected chi connectivity index (χ1v) is 7.28. The van der Waals surface area contributed by atoms with E-state index in [2.05, 4.69) is 10.4 Å². The largest absolute Gasteiger partial charge is 0.479 e. The van der Waals surface area contributed by atoms with Crippen molar-refractivity contribution in [2.75, 3.05) is 19.5 Å². The lowest BCUT2D eigenvalue weighted by Gasteiger charge is -2.05. The zero-order valence-corrected chi connectivity index (χ0v) is 13.8. The van der Waals surface area contributed by atoms with Crippen LogP contribution in [0, 0.1) is 13.8 Å².